The second-order valence-electron chi connectivity index (χ2n) is 11.3. The molecule has 1 fully saturated rings. The van der Waals surface area contributed by atoms with Crippen molar-refractivity contribution in [3.63, 3.8) is 0 Å². The normalized spacial score (nSPS) is 14.0. The van der Waals surface area contributed by atoms with Gasteiger partial charge in [0.25, 0.3) is 10.0 Å². The van der Waals surface area contributed by atoms with E-state index in [0.717, 1.165) is 38.0 Å². The maximum absolute atomic E-state index is 13.9. The van der Waals surface area contributed by atoms with Crippen LogP contribution >= 0.6 is 23.2 Å². The van der Waals surface area contributed by atoms with Gasteiger partial charge in [-0.2, -0.15) is 0 Å². The molecule has 3 aromatic rings. The average molecular weight is 674 g/mol. The van der Waals surface area contributed by atoms with Crippen LogP contribution in [-0.4, -0.2) is 68.8 Å². The third kappa shape index (κ3) is 8.79. The summed E-state index contributed by atoms with van der Waals surface area (Å²) in [6.45, 7) is 9.88. The Kier molecular flexibility index (Phi) is 12.3. The number of hydrogen-bond donors (Lipinski definition) is 1. The maximum Gasteiger partial charge on any atom is 0.265 e. The number of rotatable bonds is 14. The van der Waals surface area contributed by atoms with Crippen molar-refractivity contribution in [2.24, 2.45) is 0 Å². The molecular formula is C34H42Cl2N4O4S. The topological polar surface area (TPSA) is 90.0 Å². The van der Waals surface area contributed by atoms with E-state index in [9.17, 15) is 18.0 Å². The molecule has 45 heavy (non-hydrogen) atoms. The Balaban J connectivity index is 1.52. The molecular weight excluding hydrogens is 631 g/mol. The molecule has 1 heterocycles. The minimum atomic E-state index is -4.16. The quantitative estimate of drug-likeness (QED) is 0.224. The number of carbonyl (C=O) groups is 2. The average Bonchev–Trinajstić information content (AvgIpc) is 3.58. The minimum Gasteiger partial charge on any atom is -0.344 e. The number of halogens is 2. The van der Waals surface area contributed by atoms with Crippen LogP contribution in [0.15, 0.2) is 71.6 Å². The second-order valence-corrected chi connectivity index (χ2v) is 13.9. The van der Waals surface area contributed by atoms with Gasteiger partial charge in [0.2, 0.25) is 11.8 Å². The van der Waals surface area contributed by atoms with Crippen LogP contribution in [-0.2, 0) is 32.6 Å². The zero-order valence-electron chi connectivity index (χ0n) is 26.1. The Labute approximate surface area is 277 Å². The number of anilines is 1. The zero-order chi connectivity index (χ0) is 32.6. The van der Waals surface area contributed by atoms with Crippen molar-refractivity contribution in [2.45, 2.75) is 63.9 Å². The van der Waals surface area contributed by atoms with Crippen LogP contribution in [0.1, 0.15) is 49.8 Å². The fraction of sp³-hybridized carbons (Fsp3) is 0.412. The summed E-state index contributed by atoms with van der Waals surface area (Å²) in [7, 11) is -4.16. The molecule has 2 amide bonds. The number of amides is 2. The minimum absolute atomic E-state index is 0.0345. The fourth-order valence-electron chi connectivity index (χ4n) is 5.49. The van der Waals surface area contributed by atoms with Crippen molar-refractivity contribution < 1.29 is 18.0 Å². The molecule has 1 N–H and O–H groups in total. The molecule has 0 saturated carbocycles. The van der Waals surface area contributed by atoms with Crippen LogP contribution in [0.4, 0.5) is 5.69 Å². The predicted octanol–water partition coefficient (Wildman–Crippen LogP) is 6.08. The molecule has 4 rings (SSSR count). The summed E-state index contributed by atoms with van der Waals surface area (Å²) in [6, 6.07) is 18.8. The molecule has 1 aliphatic rings. The molecule has 242 valence electrons. The lowest BCUT2D eigenvalue weighted by molar-refractivity contribution is -0.135. The van der Waals surface area contributed by atoms with Crippen LogP contribution in [0.2, 0.25) is 10.0 Å². The lowest BCUT2D eigenvalue weighted by atomic mass is 10.0. The first-order valence-electron chi connectivity index (χ1n) is 15.5. The highest BCUT2D eigenvalue weighted by Crippen LogP contribution is 2.34. The Hall–Kier alpha value is -3.11. The number of nitrogens with one attached hydrogen (secondary N) is 1. The van der Waals surface area contributed by atoms with Gasteiger partial charge in [-0.25, -0.2) is 8.42 Å². The van der Waals surface area contributed by atoms with Crippen molar-refractivity contribution in [1.29, 1.82) is 0 Å². The van der Waals surface area contributed by atoms with Crippen molar-refractivity contribution in [1.82, 2.24) is 15.1 Å². The number of carbonyl (C=O) groups excluding carboxylic acids is 2. The first kappa shape index (κ1) is 34.8. The van der Waals surface area contributed by atoms with Crippen LogP contribution in [0, 0.1) is 6.92 Å². The van der Waals surface area contributed by atoms with E-state index in [4.69, 9.17) is 23.2 Å². The largest absolute Gasteiger partial charge is 0.344 e. The third-order valence-electron chi connectivity index (χ3n) is 8.25. The van der Waals surface area contributed by atoms with E-state index in [1.54, 1.807) is 42.2 Å². The Morgan fingerprint density at radius 1 is 0.911 bits per heavy atom. The summed E-state index contributed by atoms with van der Waals surface area (Å²) in [6.07, 6.45) is 2.05. The van der Waals surface area contributed by atoms with E-state index < -0.39 is 22.0 Å². The summed E-state index contributed by atoms with van der Waals surface area (Å²) in [5.74, 6) is -0.538. The van der Waals surface area contributed by atoms with Gasteiger partial charge >= 0.3 is 0 Å². The van der Waals surface area contributed by atoms with Crippen molar-refractivity contribution in [3.05, 3.63) is 93.5 Å². The smallest absolute Gasteiger partial charge is 0.265 e. The molecule has 11 heteroatoms. The fourth-order valence-corrected chi connectivity index (χ4v) is 7.74. The number of hydrogen-bond acceptors (Lipinski definition) is 5. The van der Waals surface area contributed by atoms with Crippen molar-refractivity contribution in [3.8, 4) is 0 Å². The van der Waals surface area contributed by atoms with E-state index in [0.29, 0.717) is 35.8 Å². The molecule has 0 aromatic heterocycles. The molecule has 1 aliphatic heterocycles. The zero-order valence-corrected chi connectivity index (χ0v) is 28.5. The van der Waals surface area contributed by atoms with Gasteiger partial charge in [0.1, 0.15) is 10.9 Å². The molecule has 8 nitrogen and oxygen atoms in total. The summed E-state index contributed by atoms with van der Waals surface area (Å²) in [4.78, 5) is 31.0. The van der Waals surface area contributed by atoms with Gasteiger partial charge in [0.15, 0.2) is 0 Å². The number of likely N-dealkylation sites (tertiary alicyclic amines) is 1. The highest BCUT2D eigenvalue weighted by Gasteiger charge is 2.31. The second kappa shape index (κ2) is 15.9. The van der Waals surface area contributed by atoms with Gasteiger partial charge in [-0.3, -0.25) is 18.8 Å². The molecule has 1 saturated heterocycles. The predicted molar refractivity (Wildman–Crippen MR) is 181 cm³/mol. The summed E-state index contributed by atoms with van der Waals surface area (Å²) < 4.78 is 29.0. The van der Waals surface area contributed by atoms with E-state index in [-0.39, 0.29) is 28.8 Å². The summed E-state index contributed by atoms with van der Waals surface area (Å²) in [5, 5.41) is 3.32. The Morgan fingerprint density at radius 2 is 1.53 bits per heavy atom. The number of sulfonamides is 1. The van der Waals surface area contributed by atoms with Gasteiger partial charge in [-0.15, -0.1) is 0 Å². The molecule has 3 aromatic carbocycles. The standard InChI is InChI=1S/C34H42Cl2N4O4S/c1-4-38(5-2)24-27-15-13-26(14-16-27)23-30(34(42)39-20-9-10-21-39)37-32(41)19-22-40(28-11-7-6-8-12-28)45(43,44)31-18-17-29(35)25(3)33(31)36/h6-8,11-18,30H,4-5,9-10,19-24H2,1-3H3,(H,37,41). The van der Waals surface area contributed by atoms with Crippen LogP contribution < -0.4 is 9.62 Å². The number of nitrogens with zero attached hydrogens (tertiary/aromatic N) is 3. The van der Waals surface area contributed by atoms with Crippen LogP contribution in [0.5, 0.6) is 0 Å². The van der Waals surface area contributed by atoms with Gasteiger partial charge in [-0.1, -0.05) is 79.5 Å². The van der Waals surface area contributed by atoms with Gasteiger partial charge in [-0.05, 0) is 73.8 Å². The van der Waals surface area contributed by atoms with E-state index >= 15 is 0 Å². The third-order valence-corrected chi connectivity index (χ3v) is 11.1. The Bertz CT molecular complexity index is 1560. The van der Waals surface area contributed by atoms with Gasteiger partial charge in [0.05, 0.1) is 10.7 Å². The maximum atomic E-state index is 13.9. The number of benzene rings is 3. The summed E-state index contributed by atoms with van der Waals surface area (Å²) >= 11 is 12.6. The van der Waals surface area contributed by atoms with E-state index in [2.05, 4.69) is 36.2 Å². The number of para-hydroxylation sites is 1. The molecule has 1 atom stereocenters. The monoisotopic (exact) mass is 672 g/mol. The molecule has 0 radical (unpaired) electrons. The molecule has 0 aliphatic carbocycles. The van der Waals surface area contributed by atoms with Crippen molar-refractivity contribution >= 4 is 50.7 Å². The first-order valence-corrected chi connectivity index (χ1v) is 17.7. The van der Waals surface area contributed by atoms with E-state index in [1.807, 2.05) is 12.1 Å². The van der Waals surface area contributed by atoms with Crippen LogP contribution in [0.25, 0.3) is 0 Å². The van der Waals surface area contributed by atoms with E-state index in [1.165, 1.54) is 22.0 Å². The van der Waals surface area contributed by atoms with Gasteiger partial charge < -0.3 is 10.2 Å². The first-order chi connectivity index (χ1) is 21.5. The lowest BCUT2D eigenvalue weighted by Crippen LogP contribution is -2.49. The molecule has 0 bridgehead atoms. The summed E-state index contributed by atoms with van der Waals surface area (Å²) in [5.41, 5.74) is 2.97. The SMILES string of the molecule is CCN(CC)Cc1ccc(CC(NC(=O)CCN(c2ccccc2)S(=O)(=O)c2ccc(Cl)c(C)c2Cl)C(=O)N2CCCC2)cc1. The lowest BCUT2D eigenvalue weighted by Gasteiger charge is -2.27. The highest BCUT2D eigenvalue weighted by molar-refractivity contribution is 7.93. The molecule has 1 unspecified atom stereocenters. The highest BCUT2D eigenvalue weighted by atomic mass is 35.5. The van der Waals surface area contributed by atoms with Crippen LogP contribution in [0.3, 0.4) is 0 Å². The van der Waals surface area contributed by atoms with Crippen molar-refractivity contribution in [2.75, 3.05) is 37.0 Å². The molecule has 0 spiro atoms. The van der Waals surface area contributed by atoms with Gasteiger partial charge in [0, 0.05) is 44.0 Å². The Morgan fingerprint density at radius 3 is 2.16 bits per heavy atom.